The summed E-state index contributed by atoms with van der Waals surface area (Å²) in [6.07, 6.45) is 3.90. The van der Waals surface area contributed by atoms with Crippen molar-refractivity contribution in [3.05, 3.63) is 39.2 Å². The van der Waals surface area contributed by atoms with Gasteiger partial charge in [-0.2, -0.15) is 11.8 Å². The SMILES string of the molecule is CSCC[C@H](NC(=O)OC(C)(C)C)C(=O)Oc1cc(C)cc2oc(=O)c3c(c12)CCC3. The molecular formula is C23H29NO6S. The fraction of sp³-hybridized carbons (Fsp3) is 0.522. The Kier molecular flexibility index (Phi) is 6.99. The van der Waals surface area contributed by atoms with Crippen molar-refractivity contribution >= 4 is 34.8 Å². The minimum atomic E-state index is -0.860. The summed E-state index contributed by atoms with van der Waals surface area (Å²) < 4.78 is 16.6. The molecule has 2 aromatic rings. The first kappa shape index (κ1) is 23.2. The molecule has 1 amide bonds. The lowest BCUT2D eigenvalue weighted by Gasteiger charge is -2.23. The van der Waals surface area contributed by atoms with Crippen LogP contribution in [0.3, 0.4) is 0 Å². The van der Waals surface area contributed by atoms with Crippen LogP contribution < -0.4 is 15.7 Å². The molecule has 0 radical (unpaired) electrons. The zero-order valence-corrected chi connectivity index (χ0v) is 19.4. The normalized spacial score (nSPS) is 14.2. The standard InChI is InChI=1S/C23H29NO6S/c1-13-11-17-19(14-7-6-8-15(14)20(25)28-17)18(12-13)29-21(26)16(9-10-31-5)24-22(27)30-23(2,3)4/h11-12,16H,6-10H2,1-5H3,(H,24,27)/t16-/m0/s1. The van der Waals surface area contributed by atoms with Crippen molar-refractivity contribution in [2.45, 2.75) is 65.0 Å². The summed E-state index contributed by atoms with van der Waals surface area (Å²) in [5.74, 6) is 0.431. The molecule has 1 heterocycles. The molecule has 3 rings (SSSR count). The smallest absolute Gasteiger partial charge is 0.408 e. The lowest BCUT2D eigenvalue weighted by atomic mass is 10.0. The summed E-state index contributed by atoms with van der Waals surface area (Å²) in [6.45, 7) is 7.12. The van der Waals surface area contributed by atoms with Crippen LogP contribution in [0.2, 0.25) is 0 Å². The second kappa shape index (κ2) is 9.34. The van der Waals surface area contributed by atoms with E-state index < -0.39 is 23.7 Å². The van der Waals surface area contributed by atoms with Crippen molar-refractivity contribution in [1.29, 1.82) is 0 Å². The van der Waals surface area contributed by atoms with Crippen molar-refractivity contribution in [3.63, 3.8) is 0 Å². The maximum absolute atomic E-state index is 13.0. The van der Waals surface area contributed by atoms with Crippen molar-refractivity contribution in [1.82, 2.24) is 5.32 Å². The van der Waals surface area contributed by atoms with Gasteiger partial charge in [-0.1, -0.05) is 0 Å². The number of ether oxygens (including phenoxy) is 2. The van der Waals surface area contributed by atoms with E-state index in [4.69, 9.17) is 13.9 Å². The highest BCUT2D eigenvalue weighted by Crippen LogP contribution is 2.35. The van der Waals surface area contributed by atoms with Gasteiger partial charge in [-0.05, 0) is 88.6 Å². The fourth-order valence-corrected chi connectivity index (χ4v) is 4.17. The molecule has 7 nitrogen and oxygen atoms in total. The van der Waals surface area contributed by atoms with Gasteiger partial charge in [-0.3, -0.25) is 0 Å². The first-order valence-electron chi connectivity index (χ1n) is 10.4. The van der Waals surface area contributed by atoms with Crippen LogP contribution in [0, 0.1) is 6.92 Å². The highest BCUT2D eigenvalue weighted by atomic mass is 32.2. The number of benzene rings is 1. The lowest BCUT2D eigenvalue weighted by Crippen LogP contribution is -2.45. The molecule has 168 valence electrons. The van der Waals surface area contributed by atoms with E-state index in [0.29, 0.717) is 40.9 Å². The number of aryl methyl sites for hydroxylation is 2. The summed E-state index contributed by atoms with van der Waals surface area (Å²) in [5, 5.41) is 3.29. The average molecular weight is 448 g/mol. The molecule has 8 heteroatoms. The highest BCUT2D eigenvalue weighted by Gasteiger charge is 2.28. The molecule has 1 aromatic carbocycles. The van der Waals surface area contributed by atoms with Crippen LogP contribution in [-0.4, -0.2) is 35.7 Å². The number of fused-ring (bicyclic) bond motifs is 3. The third kappa shape index (κ3) is 5.61. The number of carbonyl (C=O) groups excluding carboxylic acids is 2. The zero-order valence-electron chi connectivity index (χ0n) is 18.6. The molecule has 1 atom stereocenters. The summed E-state index contributed by atoms with van der Waals surface area (Å²) in [4.78, 5) is 37.6. The van der Waals surface area contributed by atoms with E-state index >= 15 is 0 Å². The summed E-state index contributed by atoms with van der Waals surface area (Å²) in [7, 11) is 0. The van der Waals surface area contributed by atoms with Crippen molar-refractivity contribution in [3.8, 4) is 5.75 Å². The number of amides is 1. The first-order valence-corrected chi connectivity index (χ1v) is 11.8. The molecule has 0 unspecified atom stereocenters. The fourth-order valence-electron chi connectivity index (χ4n) is 3.70. The van der Waals surface area contributed by atoms with Gasteiger partial charge in [-0.25, -0.2) is 14.4 Å². The second-order valence-corrected chi connectivity index (χ2v) is 9.72. The molecule has 1 aromatic heterocycles. The third-order valence-corrected chi connectivity index (χ3v) is 5.62. The van der Waals surface area contributed by atoms with E-state index in [1.54, 1.807) is 44.7 Å². The molecule has 0 aliphatic heterocycles. The van der Waals surface area contributed by atoms with Crippen LogP contribution >= 0.6 is 11.8 Å². The van der Waals surface area contributed by atoms with Gasteiger partial charge in [0.1, 0.15) is 23.0 Å². The Labute approximate surface area is 185 Å². The zero-order chi connectivity index (χ0) is 22.8. The lowest BCUT2D eigenvalue weighted by molar-refractivity contribution is -0.136. The second-order valence-electron chi connectivity index (χ2n) is 8.74. The number of thioether (sulfide) groups is 1. The molecule has 0 saturated heterocycles. The van der Waals surface area contributed by atoms with Crippen LogP contribution in [0.5, 0.6) is 5.75 Å². The summed E-state index contributed by atoms with van der Waals surface area (Å²) in [5.41, 5.74) is 1.75. The largest absolute Gasteiger partial charge is 0.444 e. The van der Waals surface area contributed by atoms with Crippen LogP contribution in [0.1, 0.15) is 50.3 Å². The van der Waals surface area contributed by atoms with Crippen molar-refractivity contribution < 1.29 is 23.5 Å². The maximum atomic E-state index is 13.0. The topological polar surface area (TPSA) is 94.8 Å². The van der Waals surface area contributed by atoms with E-state index in [1.807, 2.05) is 13.2 Å². The van der Waals surface area contributed by atoms with Crippen molar-refractivity contribution in [2.24, 2.45) is 0 Å². The van der Waals surface area contributed by atoms with Crippen molar-refractivity contribution in [2.75, 3.05) is 12.0 Å². The molecule has 1 aliphatic rings. The Balaban J connectivity index is 1.92. The first-order chi connectivity index (χ1) is 14.6. The molecule has 0 spiro atoms. The molecule has 0 bridgehead atoms. The van der Waals surface area contributed by atoms with Crippen LogP contribution in [-0.2, 0) is 22.4 Å². The molecular weight excluding hydrogens is 418 g/mol. The third-order valence-electron chi connectivity index (χ3n) is 4.98. The van der Waals surface area contributed by atoms with Gasteiger partial charge in [0.2, 0.25) is 0 Å². The molecule has 31 heavy (non-hydrogen) atoms. The molecule has 0 saturated carbocycles. The monoisotopic (exact) mass is 447 g/mol. The summed E-state index contributed by atoms with van der Waals surface area (Å²) in [6, 6.07) is 2.68. The number of hydrogen-bond donors (Lipinski definition) is 1. The number of esters is 1. The van der Waals surface area contributed by atoms with Gasteiger partial charge in [0.15, 0.2) is 0 Å². The van der Waals surface area contributed by atoms with Crippen LogP contribution in [0.15, 0.2) is 21.3 Å². The van der Waals surface area contributed by atoms with Gasteiger partial charge in [0.25, 0.3) is 0 Å². The van der Waals surface area contributed by atoms with Gasteiger partial charge in [0.05, 0.1) is 5.39 Å². The predicted octanol–water partition coefficient (Wildman–Crippen LogP) is 4.14. The Morgan fingerprint density at radius 3 is 2.61 bits per heavy atom. The summed E-state index contributed by atoms with van der Waals surface area (Å²) >= 11 is 1.57. The quantitative estimate of drug-likeness (QED) is 0.404. The highest BCUT2D eigenvalue weighted by molar-refractivity contribution is 7.98. The van der Waals surface area contributed by atoms with E-state index in [-0.39, 0.29) is 5.63 Å². The average Bonchev–Trinajstić information content (AvgIpc) is 3.13. The van der Waals surface area contributed by atoms with Crippen LogP contribution in [0.25, 0.3) is 11.0 Å². The van der Waals surface area contributed by atoms with Gasteiger partial charge < -0.3 is 19.2 Å². The van der Waals surface area contributed by atoms with E-state index in [0.717, 1.165) is 24.0 Å². The Hall–Kier alpha value is -2.48. The van der Waals surface area contributed by atoms with Gasteiger partial charge >= 0.3 is 17.7 Å². The van der Waals surface area contributed by atoms with Crippen LogP contribution in [0.4, 0.5) is 4.79 Å². The Morgan fingerprint density at radius 1 is 1.23 bits per heavy atom. The van der Waals surface area contributed by atoms with E-state index in [2.05, 4.69) is 5.32 Å². The predicted molar refractivity (Wildman–Crippen MR) is 121 cm³/mol. The van der Waals surface area contributed by atoms with Gasteiger partial charge in [-0.15, -0.1) is 0 Å². The minimum absolute atomic E-state index is 0.327. The van der Waals surface area contributed by atoms with E-state index in [1.165, 1.54) is 0 Å². The maximum Gasteiger partial charge on any atom is 0.408 e. The molecule has 0 fully saturated rings. The number of alkyl carbamates (subject to hydrolysis) is 1. The number of rotatable bonds is 6. The molecule has 1 aliphatic carbocycles. The van der Waals surface area contributed by atoms with Gasteiger partial charge in [0, 0.05) is 5.56 Å². The number of hydrogen-bond acceptors (Lipinski definition) is 7. The minimum Gasteiger partial charge on any atom is -0.444 e. The van der Waals surface area contributed by atoms with E-state index in [9.17, 15) is 14.4 Å². The number of nitrogens with one attached hydrogen (secondary N) is 1. The Morgan fingerprint density at radius 2 is 1.94 bits per heavy atom. The Bertz CT molecular complexity index is 1050. The molecule has 1 N–H and O–H groups in total. The number of carbonyl (C=O) groups is 2.